The van der Waals surface area contributed by atoms with Gasteiger partial charge in [-0.1, -0.05) is 0 Å². The normalized spacial score (nSPS) is 18.9. The molecule has 2 aliphatic heterocycles. The fourth-order valence-corrected chi connectivity index (χ4v) is 4.14. The maximum atomic E-state index is 13.5. The van der Waals surface area contributed by atoms with Gasteiger partial charge in [0.2, 0.25) is 5.95 Å². The molecule has 9 nitrogen and oxygen atoms in total. The first-order chi connectivity index (χ1) is 13.6. The predicted molar refractivity (Wildman–Crippen MR) is 105 cm³/mol. The summed E-state index contributed by atoms with van der Waals surface area (Å²) in [6, 6.07) is 1.86. The van der Waals surface area contributed by atoms with E-state index < -0.39 is 0 Å². The van der Waals surface area contributed by atoms with Crippen molar-refractivity contribution in [3.8, 4) is 0 Å². The summed E-state index contributed by atoms with van der Waals surface area (Å²) in [5.74, 6) is 0.906. The molecule has 0 spiro atoms. The first kappa shape index (κ1) is 16.8. The second kappa shape index (κ2) is 6.08. The van der Waals surface area contributed by atoms with Crippen LogP contribution in [0.1, 0.15) is 23.2 Å². The van der Waals surface area contributed by atoms with E-state index in [-0.39, 0.29) is 17.5 Å². The van der Waals surface area contributed by atoms with Gasteiger partial charge < -0.3 is 24.1 Å². The van der Waals surface area contributed by atoms with Gasteiger partial charge in [0, 0.05) is 45.6 Å². The first-order valence-corrected chi connectivity index (χ1v) is 9.28. The van der Waals surface area contributed by atoms with Crippen LogP contribution in [-0.4, -0.2) is 46.6 Å². The zero-order chi connectivity index (χ0) is 19.4. The van der Waals surface area contributed by atoms with Crippen LogP contribution in [0.5, 0.6) is 0 Å². The van der Waals surface area contributed by atoms with Crippen molar-refractivity contribution in [1.29, 1.82) is 0 Å². The van der Waals surface area contributed by atoms with Crippen LogP contribution in [0.3, 0.4) is 0 Å². The molecule has 5 rings (SSSR count). The highest BCUT2D eigenvalue weighted by molar-refractivity contribution is 6.13. The third-order valence-electron chi connectivity index (χ3n) is 5.58. The van der Waals surface area contributed by atoms with E-state index in [0.29, 0.717) is 40.5 Å². The number of hydrogen-bond acceptors (Lipinski definition) is 7. The van der Waals surface area contributed by atoms with Crippen LogP contribution in [0.2, 0.25) is 0 Å². The SMILES string of the molecule is CNc1ncc2c(n1)N1CCC[C@H]1CN(c1coc3ccn(C)c(=O)c13)C2=O. The predicted octanol–water partition coefficient (Wildman–Crippen LogP) is 1.59. The van der Waals surface area contributed by atoms with Crippen molar-refractivity contribution in [1.82, 2.24) is 14.5 Å². The third kappa shape index (κ3) is 2.32. The molecule has 1 saturated heterocycles. The Kier molecular flexibility index (Phi) is 3.65. The molecule has 5 heterocycles. The smallest absolute Gasteiger partial charge is 0.263 e. The first-order valence-electron chi connectivity index (χ1n) is 9.28. The largest absolute Gasteiger partial charge is 0.462 e. The number of amides is 1. The topological polar surface area (TPSA) is 96.5 Å². The Bertz CT molecular complexity index is 1150. The number of rotatable bonds is 2. The van der Waals surface area contributed by atoms with Crippen molar-refractivity contribution >= 4 is 34.3 Å². The Morgan fingerprint density at radius 2 is 2.18 bits per heavy atom. The summed E-state index contributed by atoms with van der Waals surface area (Å²) in [5.41, 5.74) is 1.22. The van der Waals surface area contributed by atoms with Crippen LogP contribution in [0, 0.1) is 0 Å². The van der Waals surface area contributed by atoms with Gasteiger partial charge in [-0.05, 0) is 18.9 Å². The summed E-state index contributed by atoms with van der Waals surface area (Å²) in [5, 5.41) is 3.35. The number of pyridine rings is 1. The highest BCUT2D eigenvalue weighted by Crippen LogP contribution is 2.36. The molecule has 3 aromatic heterocycles. The molecule has 3 aromatic rings. The Balaban J connectivity index is 1.70. The minimum Gasteiger partial charge on any atom is -0.462 e. The minimum absolute atomic E-state index is 0.127. The summed E-state index contributed by atoms with van der Waals surface area (Å²) in [4.78, 5) is 38.8. The van der Waals surface area contributed by atoms with Gasteiger partial charge in [-0.15, -0.1) is 0 Å². The molecule has 0 bridgehead atoms. The van der Waals surface area contributed by atoms with Crippen LogP contribution >= 0.6 is 0 Å². The minimum atomic E-state index is -0.222. The Labute approximate surface area is 160 Å². The fourth-order valence-electron chi connectivity index (χ4n) is 4.14. The molecule has 1 atom stereocenters. The number of furan rings is 1. The molecule has 0 aliphatic carbocycles. The van der Waals surface area contributed by atoms with Crippen molar-refractivity contribution in [2.24, 2.45) is 7.05 Å². The van der Waals surface area contributed by atoms with Gasteiger partial charge in [0.1, 0.15) is 28.6 Å². The standard InChI is InChI=1S/C19H20N6O3/c1-20-19-21-8-12-16(22-19)24-6-3-4-11(24)9-25(17(12)26)13-10-28-14-5-7-23(2)18(27)15(13)14/h5,7-8,10-11H,3-4,6,9H2,1-2H3,(H,20,21,22)/t11-/m0/s1. The number of nitrogens with zero attached hydrogens (tertiary/aromatic N) is 5. The van der Waals surface area contributed by atoms with E-state index in [4.69, 9.17) is 4.42 Å². The van der Waals surface area contributed by atoms with Crippen molar-refractivity contribution < 1.29 is 9.21 Å². The molecule has 144 valence electrons. The second-order valence-electron chi connectivity index (χ2n) is 7.18. The number of fused-ring (bicyclic) bond motifs is 4. The van der Waals surface area contributed by atoms with Gasteiger partial charge in [0.05, 0.1) is 5.69 Å². The van der Waals surface area contributed by atoms with Gasteiger partial charge >= 0.3 is 0 Å². The molecule has 0 radical (unpaired) electrons. The summed E-state index contributed by atoms with van der Waals surface area (Å²) < 4.78 is 7.09. The second-order valence-corrected chi connectivity index (χ2v) is 7.18. The molecule has 1 fully saturated rings. The highest BCUT2D eigenvalue weighted by atomic mass is 16.3. The highest BCUT2D eigenvalue weighted by Gasteiger charge is 2.38. The zero-order valence-electron chi connectivity index (χ0n) is 15.7. The summed E-state index contributed by atoms with van der Waals surface area (Å²) in [6.07, 6.45) is 6.69. The number of aromatic nitrogens is 3. The molecule has 0 aromatic carbocycles. The van der Waals surface area contributed by atoms with Crippen LogP contribution < -0.4 is 20.7 Å². The Hall–Kier alpha value is -3.36. The van der Waals surface area contributed by atoms with Crippen LogP contribution in [0.15, 0.2) is 33.9 Å². The molecule has 28 heavy (non-hydrogen) atoms. The molecule has 0 unspecified atom stereocenters. The van der Waals surface area contributed by atoms with E-state index in [9.17, 15) is 9.59 Å². The lowest BCUT2D eigenvalue weighted by molar-refractivity contribution is 0.0988. The summed E-state index contributed by atoms with van der Waals surface area (Å²) >= 11 is 0. The fraction of sp³-hybridized carbons (Fsp3) is 0.368. The monoisotopic (exact) mass is 380 g/mol. The van der Waals surface area contributed by atoms with Crippen LogP contribution in [0.25, 0.3) is 11.0 Å². The number of nitrogens with one attached hydrogen (secondary N) is 1. The molecule has 0 saturated carbocycles. The molecular formula is C19H20N6O3. The van der Waals surface area contributed by atoms with Gasteiger partial charge in [-0.25, -0.2) is 4.98 Å². The lowest BCUT2D eigenvalue weighted by Gasteiger charge is -2.26. The molecule has 2 aliphatic rings. The lowest BCUT2D eigenvalue weighted by Crippen LogP contribution is -2.40. The average Bonchev–Trinajstić information content (AvgIpc) is 3.33. The van der Waals surface area contributed by atoms with E-state index in [1.165, 1.54) is 10.8 Å². The third-order valence-corrected chi connectivity index (χ3v) is 5.58. The van der Waals surface area contributed by atoms with Crippen molar-refractivity contribution in [2.75, 3.05) is 35.3 Å². The summed E-state index contributed by atoms with van der Waals surface area (Å²) in [7, 11) is 3.44. The number of hydrogen-bond donors (Lipinski definition) is 1. The molecule has 1 N–H and O–H groups in total. The van der Waals surface area contributed by atoms with Crippen LogP contribution in [-0.2, 0) is 7.05 Å². The van der Waals surface area contributed by atoms with Crippen LogP contribution in [0.4, 0.5) is 17.5 Å². The van der Waals surface area contributed by atoms with E-state index in [1.54, 1.807) is 37.5 Å². The molecular weight excluding hydrogens is 360 g/mol. The maximum Gasteiger partial charge on any atom is 0.263 e. The Morgan fingerprint density at radius 3 is 3.00 bits per heavy atom. The molecule has 1 amide bonds. The zero-order valence-corrected chi connectivity index (χ0v) is 15.7. The quantitative estimate of drug-likeness (QED) is 0.721. The van der Waals surface area contributed by atoms with Gasteiger partial charge in [-0.3, -0.25) is 9.59 Å². The number of anilines is 3. The van der Waals surface area contributed by atoms with Gasteiger partial charge in [0.15, 0.2) is 0 Å². The number of aryl methyl sites for hydroxylation is 1. The van der Waals surface area contributed by atoms with Crippen molar-refractivity contribution in [3.63, 3.8) is 0 Å². The Morgan fingerprint density at radius 1 is 1.32 bits per heavy atom. The van der Waals surface area contributed by atoms with E-state index in [0.717, 1.165) is 19.4 Å². The van der Waals surface area contributed by atoms with E-state index in [1.807, 2.05) is 0 Å². The number of carbonyl (C=O) groups excluding carboxylic acids is 1. The van der Waals surface area contributed by atoms with Gasteiger partial charge in [-0.2, -0.15) is 4.98 Å². The van der Waals surface area contributed by atoms with Gasteiger partial charge in [0.25, 0.3) is 11.5 Å². The van der Waals surface area contributed by atoms with E-state index in [2.05, 4.69) is 20.2 Å². The van der Waals surface area contributed by atoms with E-state index >= 15 is 0 Å². The number of carbonyl (C=O) groups is 1. The maximum absolute atomic E-state index is 13.5. The average molecular weight is 380 g/mol. The lowest BCUT2D eigenvalue weighted by atomic mass is 10.2. The summed E-state index contributed by atoms with van der Waals surface area (Å²) in [6.45, 7) is 1.31. The van der Waals surface area contributed by atoms with Crippen molar-refractivity contribution in [3.05, 3.63) is 40.6 Å². The van der Waals surface area contributed by atoms with Crippen molar-refractivity contribution in [2.45, 2.75) is 18.9 Å². The molecule has 9 heteroatoms.